The van der Waals surface area contributed by atoms with Crippen molar-refractivity contribution in [1.29, 1.82) is 0 Å². The van der Waals surface area contributed by atoms with Crippen molar-refractivity contribution >= 4 is 31.9 Å². The molecule has 2 N–H and O–H groups in total. The first-order valence-corrected chi connectivity index (χ1v) is 5.59. The highest BCUT2D eigenvalue weighted by Gasteiger charge is 2.79. The van der Waals surface area contributed by atoms with Crippen molar-refractivity contribution in [2.24, 2.45) is 5.73 Å². The van der Waals surface area contributed by atoms with Crippen LogP contribution in [0.15, 0.2) is 11.8 Å². The highest BCUT2D eigenvalue weighted by Crippen LogP contribution is 2.51. The summed E-state index contributed by atoms with van der Waals surface area (Å²) < 4.78 is 25.5. The number of nitro groups is 2. The molecular weight excluding hydrogens is 376 g/mol. The number of halogens is 4. The predicted octanol–water partition coefficient (Wildman–Crippen LogP) is 1.60. The van der Waals surface area contributed by atoms with E-state index in [1.54, 1.807) is 0 Å². The van der Waals surface area contributed by atoms with Crippen molar-refractivity contribution in [1.82, 2.24) is 0 Å². The van der Waals surface area contributed by atoms with Crippen LogP contribution >= 0.6 is 31.9 Å². The molecule has 0 aliphatic heterocycles. The lowest BCUT2D eigenvalue weighted by molar-refractivity contribution is -0.818. The van der Waals surface area contributed by atoms with Crippen molar-refractivity contribution in [2.45, 2.75) is 21.2 Å². The standard InChI is InChI=1S/C6H5Br2F2N3O4/c7-4(8)2-6(12(14)15,13(16)17)5(9,10)1-3(4)11/h1H,2,11H2. The topological polar surface area (TPSA) is 112 Å². The Labute approximate surface area is 110 Å². The van der Waals surface area contributed by atoms with E-state index in [-0.39, 0.29) is 6.08 Å². The van der Waals surface area contributed by atoms with Gasteiger partial charge in [0, 0.05) is 11.8 Å². The van der Waals surface area contributed by atoms with Crippen LogP contribution in [0.25, 0.3) is 0 Å². The Morgan fingerprint density at radius 1 is 1.29 bits per heavy atom. The molecule has 0 amide bonds. The van der Waals surface area contributed by atoms with E-state index in [0.717, 1.165) is 0 Å². The van der Waals surface area contributed by atoms with Crippen LogP contribution < -0.4 is 5.73 Å². The second kappa shape index (κ2) is 3.83. The first kappa shape index (κ1) is 14.2. The Morgan fingerprint density at radius 3 is 2.06 bits per heavy atom. The van der Waals surface area contributed by atoms with Gasteiger partial charge in [-0.15, -0.1) is 0 Å². The first-order chi connectivity index (χ1) is 7.47. The minimum atomic E-state index is -4.28. The highest BCUT2D eigenvalue weighted by atomic mass is 79.9. The van der Waals surface area contributed by atoms with Crippen molar-refractivity contribution < 1.29 is 18.6 Å². The molecule has 1 aliphatic rings. The maximum absolute atomic E-state index is 13.5. The molecule has 1 aliphatic carbocycles. The summed E-state index contributed by atoms with van der Waals surface area (Å²) in [4.78, 5) is 18.2. The number of rotatable bonds is 2. The Bertz CT molecular complexity index is 411. The number of hydrogen-bond acceptors (Lipinski definition) is 5. The van der Waals surface area contributed by atoms with Crippen LogP contribution in [0.2, 0.25) is 0 Å². The molecule has 0 atom stereocenters. The second-order valence-corrected chi connectivity index (χ2v) is 7.21. The summed E-state index contributed by atoms with van der Waals surface area (Å²) >= 11 is 5.61. The van der Waals surface area contributed by atoms with Crippen LogP contribution in [-0.4, -0.2) is 24.7 Å². The molecule has 0 saturated carbocycles. The van der Waals surface area contributed by atoms with Gasteiger partial charge in [0.1, 0.15) is 19.5 Å². The minimum absolute atomic E-state index is 0.0194. The zero-order chi connectivity index (χ0) is 13.6. The van der Waals surface area contributed by atoms with Gasteiger partial charge in [-0.2, -0.15) is 8.78 Å². The molecule has 7 nitrogen and oxygen atoms in total. The van der Waals surface area contributed by atoms with Gasteiger partial charge in [-0.25, -0.2) is 0 Å². The number of nitrogens with zero attached hydrogens (tertiary/aromatic N) is 2. The fraction of sp³-hybridized carbons (Fsp3) is 0.667. The Morgan fingerprint density at radius 2 is 1.71 bits per heavy atom. The average molecular weight is 381 g/mol. The van der Waals surface area contributed by atoms with Gasteiger partial charge < -0.3 is 5.73 Å². The summed E-state index contributed by atoms with van der Waals surface area (Å²) in [6, 6.07) is 0. The lowest BCUT2D eigenvalue weighted by Gasteiger charge is -2.33. The maximum Gasteiger partial charge on any atom is 0.525 e. The molecule has 0 saturated heterocycles. The van der Waals surface area contributed by atoms with Gasteiger partial charge >= 0.3 is 11.6 Å². The van der Waals surface area contributed by atoms with Gasteiger partial charge in [0.15, 0.2) is 0 Å². The van der Waals surface area contributed by atoms with E-state index in [1.165, 1.54) is 0 Å². The van der Waals surface area contributed by atoms with E-state index in [1.807, 2.05) is 0 Å². The Hall–Kier alpha value is -0.840. The third kappa shape index (κ3) is 1.90. The SMILES string of the molecule is NC1=CC(F)(F)C([N+](=O)[O-])([N+](=O)[O-])CC1(Br)Br. The molecule has 0 bridgehead atoms. The van der Waals surface area contributed by atoms with Crippen LogP contribution in [0.5, 0.6) is 0 Å². The molecule has 1 rings (SSSR count). The lowest BCUT2D eigenvalue weighted by Crippen LogP contribution is -2.64. The van der Waals surface area contributed by atoms with Crippen LogP contribution in [0.1, 0.15) is 6.42 Å². The van der Waals surface area contributed by atoms with Gasteiger partial charge in [0.25, 0.3) is 0 Å². The van der Waals surface area contributed by atoms with E-state index < -0.39 is 36.8 Å². The van der Waals surface area contributed by atoms with Crippen molar-refractivity contribution in [2.75, 3.05) is 0 Å². The fourth-order valence-electron chi connectivity index (χ4n) is 1.39. The second-order valence-electron chi connectivity index (χ2n) is 3.43. The summed E-state index contributed by atoms with van der Waals surface area (Å²) in [5.74, 6) is -4.28. The molecule has 0 aromatic heterocycles. The lowest BCUT2D eigenvalue weighted by atomic mass is 9.89. The fourth-order valence-corrected chi connectivity index (χ4v) is 2.40. The third-order valence-corrected chi connectivity index (χ3v) is 3.84. The molecule has 17 heavy (non-hydrogen) atoms. The Balaban J connectivity index is 3.53. The summed E-state index contributed by atoms with van der Waals surface area (Å²) in [5.41, 5.74) is 1.15. The molecule has 0 spiro atoms. The summed E-state index contributed by atoms with van der Waals surface area (Å²) in [5, 5.41) is 21.4. The van der Waals surface area contributed by atoms with E-state index in [2.05, 4.69) is 31.9 Å². The monoisotopic (exact) mass is 379 g/mol. The largest absolute Gasteiger partial charge is 0.525 e. The first-order valence-electron chi connectivity index (χ1n) is 4.01. The molecule has 0 radical (unpaired) electrons. The van der Waals surface area contributed by atoms with Gasteiger partial charge in [0.2, 0.25) is 0 Å². The predicted molar refractivity (Wildman–Crippen MR) is 59.1 cm³/mol. The highest BCUT2D eigenvalue weighted by molar-refractivity contribution is 9.25. The van der Waals surface area contributed by atoms with Gasteiger partial charge in [-0.1, -0.05) is 31.9 Å². The van der Waals surface area contributed by atoms with Crippen LogP contribution in [0, 0.1) is 20.2 Å². The van der Waals surface area contributed by atoms with Gasteiger partial charge in [0.05, 0.1) is 0 Å². The van der Waals surface area contributed by atoms with Crippen molar-refractivity contribution in [3.63, 3.8) is 0 Å². The van der Waals surface area contributed by atoms with Crippen LogP contribution in [0.4, 0.5) is 8.78 Å². The Kier molecular flexibility index (Phi) is 3.21. The number of alkyl halides is 4. The number of nitrogens with two attached hydrogens (primary N) is 1. The molecule has 0 heterocycles. The molecule has 96 valence electrons. The van der Waals surface area contributed by atoms with Crippen LogP contribution in [-0.2, 0) is 0 Å². The van der Waals surface area contributed by atoms with Crippen molar-refractivity contribution in [3.05, 3.63) is 32.0 Å². The molecule has 0 fully saturated rings. The molecular formula is C6H5Br2F2N3O4. The number of allylic oxidation sites excluding steroid dienone is 1. The zero-order valence-electron chi connectivity index (χ0n) is 7.90. The van der Waals surface area contributed by atoms with Gasteiger partial charge in [-0.05, 0) is 0 Å². The smallest absolute Gasteiger partial charge is 0.400 e. The van der Waals surface area contributed by atoms with Crippen LogP contribution in [0.3, 0.4) is 0 Å². The normalized spacial score (nSPS) is 24.8. The van der Waals surface area contributed by atoms with E-state index in [0.29, 0.717) is 0 Å². The summed E-state index contributed by atoms with van der Waals surface area (Å²) in [6.07, 6.45) is -1.11. The molecule has 0 unspecified atom stereocenters. The third-order valence-electron chi connectivity index (χ3n) is 2.37. The summed E-state index contributed by atoms with van der Waals surface area (Å²) in [6.45, 7) is 0. The van der Waals surface area contributed by atoms with E-state index >= 15 is 0 Å². The van der Waals surface area contributed by atoms with E-state index in [9.17, 15) is 29.0 Å². The minimum Gasteiger partial charge on any atom is -0.400 e. The average Bonchev–Trinajstić information content (AvgIpc) is 2.09. The summed E-state index contributed by atoms with van der Waals surface area (Å²) in [7, 11) is 0. The number of hydrogen-bond donors (Lipinski definition) is 1. The van der Waals surface area contributed by atoms with E-state index in [4.69, 9.17) is 5.73 Å². The quantitative estimate of drug-likeness (QED) is 0.338. The zero-order valence-corrected chi connectivity index (χ0v) is 11.1. The maximum atomic E-state index is 13.5. The molecule has 0 aromatic carbocycles. The van der Waals surface area contributed by atoms with Gasteiger partial charge in [-0.3, -0.25) is 20.2 Å². The molecule has 0 aromatic rings. The van der Waals surface area contributed by atoms with Crippen molar-refractivity contribution in [3.8, 4) is 0 Å². The molecule has 11 heteroatoms.